The van der Waals surface area contributed by atoms with Crippen LogP contribution in [0.25, 0.3) is 0 Å². The molecule has 0 spiro atoms. The van der Waals surface area contributed by atoms with Gasteiger partial charge in [-0.3, -0.25) is 4.79 Å². The summed E-state index contributed by atoms with van der Waals surface area (Å²) in [5.74, 6) is 1.34. The summed E-state index contributed by atoms with van der Waals surface area (Å²) in [7, 11) is 0. The summed E-state index contributed by atoms with van der Waals surface area (Å²) in [6, 6.07) is 7.43. The Balaban J connectivity index is 0.00000264. The van der Waals surface area contributed by atoms with E-state index < -0.39 is 6.10 Å². The molecule has 0 saturated carbocycles. The van der Waals surface area contributed by atoms with Gasteiger partial charge in [-0.05, 0) is 49.4 Å². The number of benzene rings is 1. The lowest BCUT2D eigenvalue weighted by Gasteiger charge is -2.13. The number of ether oxygens (including phenoxy) is 2. The van der Waals surface area contributed by atoms with Crippen LogP contribution < -0.4 is 15.8 Å². The van der Waals surface area contributed by atoms with Crippen LogP contribution in [0.4, 0.5) is 5.69 Å². The summed E-state index contributed by atoms with van der Waals surface area (Å²) in [6.07, 6.45) is 2.21. The van der Waals surface area contributed by atoms with E-state index in [4.69, 9.17) is 15.2 Å². The molecule has 1 aliphatic heterocycles. The number of halogens is 1. The highest BCUT2D eigenvalue weighted by Crippen LogP contribution is 2.21. The normalized spacial score (nSPS) is 20.2. The van der Waals surface area contributed by atoms with Gasteiger partial charge in [0.25, 0.3) is 5.91 Å². The highest BCUT2D eigenvalue weighted by atomic mass is 35.5. The maximum Gasteiger partial charge on any atom is 0.253 e. The minimum Gasteiger partial charge on any atom is -0.494 e. The van der Waals surface area contributed by atoms with Crippen LogP contribution in [0.1, 0.15) is 33.1 Å². The van der Waals surface area contributed by atoms with Gasteiger partial charge in [0.1, 0.15) is 11.9 Å². The second kappa shape index (κ2) is 9.75. The molecule has 1 heterocycles. The number of rotatable bonds is 7. The van der Waals surface area contributed by atoms with E-state index in [0.29, 0.717) is 19.1 Å². The van der Waals surface area contributed by atoms with E-state index in [0.717, 1.165) is 30.7 Å². The number of carbonyl (C=O) groups is 1. The average molecular weight is 343 g/mol. The summed E-state index contributed by atoms with van der Waals surface area (Å²) in [5, 5.41) is 2.87. The molecular weight excluding hydrogens is 316 g/mol. The van der Waals surface area contributed by atoms with E-state index >= 15 is 0 Å². The number of amides is 1. The summed E-state index contributed by atoms with van der Waals surface area (Å²) in [5.41, 5.74) is 6.30. The number of carbonyl (C=O) groups excluding carboxylic acids is 1. The summed E-state index contributed by atoms with van der Waals surface area (Å²) in [4.78, 5) is 12.1. The van der Waals surface area contributed by atoms with Crippen LogP contribution in [-0.4, -0.2) is 31.3 Å². The predicted molar refractivity (Wildman–Crippen MR) is 94.2 cm³/mol. The van der Waals surface area contributed by atoms with Crippen LogP contribution in [-0.2, 0) is 9.53 Å². The van der Waals surface area contributed by atoms with Crippen LogP contribution in [0.15, 0.2) is 24.3 Å². The Morgan fingerprint density at radius 3 is 2.61 bits per heavy atom. The van der Waals surface area contributed by atoms with E-state index in [1.165, 1.54) is 0 Å². The molecule has 2 atom stereocenters. The van der Waals surface area contributed by atoms with Gasteiger partial charge in [-0.15, -0.1) is 12.4 Å². The first-order valence-corrected chi connectivity index (χ1v) is 7.97. The first-order valence-electron chi connectivity index (χ1n) is 7.97. The molecule has 6 heteroatoms. The third kappa shape index (κ3) is 6.37. The maximum absolute atomic E-state index is 12.1. The molecule has 0 bridgehead atoms. The van der Waals surface area contributed by atoms with Crippen molar-refractivity contribution in [2.45, 2.75) is 45.3 Å². The minimum absolute atomic E-state index is 0. The second-order valence-electron chi connectivity index (χ2n) is 6.10. The zero-order chi connectivity index (χ0) is 15.9. The van der Waals surface area contributed by atoms with Gasteiger partial charge in [0.15, 0.2) is 0 Å². The van der Waals surface area contributed by atoms with Gasteiger partial charge in [-0.1, -0.05) is 13.8 Å². The highest BCUT2D eigenvalue weighted by molar-refractivity contribution is 5.94. The van der Waals surface area contributed by atoms with Crippen LogP contribution in [0.5, 0.6) is 5.75 Å². The topological polar surface area (TPSA) is 73.6 Å². The molecule has 2 rings (SSSR count). The van der Waals surface area contributed by atoms with Gasteiger partial charge < -0.3 is 20.5 Å². The lowest BCUT2D eigenvalue weighted by atomic mass is 10.1. The third-order valence-corrected chi connectivity index (χ3v) is 3.75. The van der Waals surface area contributed by atoms with Crippen molar-refractivity contribution >= 4 is 24.0 Å². The minimum atomic E-state index is -0.393. The molecule has 5 nitrogen and oxygen atoms in total. The fourth-order valence-electron chi connectivity index (χ4n) is 2.34. The Kier molecular flexibility index (Phi) is 8.37. The summed E-state index contributed by atoms with van der Waals surface area (Å²) in [6.45, 7) is 5.51. The van der Waals surface area contributed by atoms with E-state index in [1.54, 1.807) is 0 Å². The fraction of sp³-hybridized carbons (Fsp3) is 0.588. The molecule has 0 unspecified atom stereocenters. The quantitative estimate of drug-likeness (QED) is 0.799. The van der Waals surface area contributed by atoms with Crippen molar-refractivity contribution in [3.05, 3.63) is 24.3 Å². The lowest BCUT2D eigenvalue weighted by molar-refractivity contribution is -0.126. The zero-order valence-electron chi connectivity index (χ0n) is 13.8. The van der Waals surface area contributed by atoms with Gasteiger partial charge in [0.2, 0.25) is 0 Å². The number of nitrogens with two attached hydrogens (primary N) is 1. The van der Waals surface area contributed by atoms with Crippen molar-refractivity contribution in [2.75, 3.05) is 18.5 Å². The number of anilines is 1. The fourth-order valence-corrected chi connectivity index (χ4v) is 2.34. The highest BCUT2D eigenvalue weighted by Gasteiger charge is 2.29. The molecule has 23 heavy (non-hydrogen) atoms. The van der Waals surface area contributed by atoms with Crippen molar-refractivity contribution in [2.24, 2.45) is 11.7 Å². The van der Waals surface area contributed by atoms with Gasteiger partial charge in [-0.25, -0.2) is 0 Å². The summed E-state index contributed by atoms with van der Waals surface area (Å²) < 4.78 is 11.2. The van der Waals surface area contributed by atoms with E-state index in [1.807, 2.05) is 24.3 Å². The van der Waals surface area contributed by atoms with Crippen molar-refractivity contribution in [1.82, 2.24) is 0 Å². The van der Waals surface area contributed by atoms with Gasteiger partial charge in [0, 0.05) is 12.2 Å². The molecule has 0 aromatic heterocycles. The maximum atomic E-state index is 12.1. The molecule has 1 amide bonds. The van der Waals surface area contributed by atoms with Crippen molar-refractivity contribution in [1.29, 1.82) is 0 Å². The lowest BCUT2D eigenvalue weighted by Crippen LogP contribution is -2.29. The van der Waals surface area contributed by atoms with Gasteiger partial charge in [-0.2, -0.15) is 0 Å². The molecule has 3 N–H and O–H groups in total. The molecular formula is C17H27ClN2O3. The van der Waals surface area contributed by atoms with E-state index in [2.05, 4.69) is 19.2 Å². The van der Waals surface area contributed by atoms with Crippen LogP contribution >= 0.6 is 12.4 Å². The van der Waals surface area contributed by atoms with Gasteiger partial charge in [0.05, 0.1) is 12.7 Å². The smallest absolute Gasteiger partial charge is 0.253 e. The second-order valence-corrected chi connectivity index (χ2v) is 6.10. The number of hydrogen-bond acceptors (Lipinski definition) is 4. The molecule has 130 valence electrons. The van der Waals surface area contributed by atoms with Crippen molar-refractivity contribution < 1.29 is 14.3 Å². The SMILES string of the molecule is CC(C)CCOc1ccc(NC(=O)[C@@H]2CC[C@H](CN)O2)cc1.Cl. The Hall–Kier alpha value is -1.30. The Labute approximate surface area is 144 Å². The van der Waals surface area contributed by atoms with Crippen molar-refractivity contribution in [3.8, 4) is 5.75 Å². The molecule has 1 aliphatic rings. The first kappa shape index (κ1) is 19.7. The van der Waals surface area contributed by atoms with Gasteiger partial charge >= 0.3 is 0 Å². The average Bonchev–Trinajstić information content (AvgIpc) is 2.98. The molecule has 1 fully saturated rings. The number of nitrogens with one attached hydrogen (secondary N) is 1. The molecule has 1 saturated heterocycles. The van der Waals surface area contributed by atoms with Crippen LogP contribution in [0.3, 0.4) is 0 Å². The molecule has 1 aromatic carbocycles. The molecule has 0 radical (unpaired) electrons. The summed E-state index contributed by atoms with van der Waals surface area (Å²) >= 11 is 0. The first-order chi connectivity index (χ1) is 10.6. The largest absolute Gasteiger partial charge is 0.494 e. The van der Waals surface area contributed by atoms with Crippen molar-refractivity contribution in [3.63, 3.8) is 0 Å². The standard InChI is InChI=1S/C17H26N2O3.ClH/c1-12(2)9-10-21-14-5-3-13(4-6-14)19-17(20)16-8-7-15(11-18)22-16;/h3-6,12,15-16H,7-11,18H2,1-2H3,(H,19,20);1H/t15-,16+;/m1./s1. The number of hydrogen-bond donors (Lipinski definition) is 2. The molecule has 0 aliphatic carbocycles. The van der Waals surface area contributed by atoms with Crippen LogP contribution in [0, 0.1) is 5.92 Å². The van der Waals surface area contributed by atoms with E-state index in [9.17, 15) is 4.79 Å². The third-order valence-electron chi connectivity index (χ3n) is 3.75. The predicted octanol–water partition coefficient (Wildman–Crippen LogP) is 2.98. The molecule has 1 aromatic rings. The Morgan fingerprint density at radius 2 is 2.04 bits per heavy atom. The zero-order valence-corrected chi connectivity index (χ0v) is 14.6. The Morgan fingerprint density at radius 1 is 1.35 bits per heavy atom. The monoisotopic (exact) mass is 342 g/mol. The van der Waals surface area contributed by atoms with E-state index in [-0.39, 0.29) is 24.4 Å². The Bertz CT molecular complexity index is 479. The van der Waals surface area contributed by atoms with Crippen LogP contribution in [0.2, 0.25) is 0 Å².